The van der Waals surface area contributed by atoms with Gasteiger partial charge in [0.2, 0.25) is 11.8 Å². The zero-order valence-electron chi connectivity index (χ0n) is 19.2. The van der Waals surface area contributed by atoms with E-state index in [-0.39, 0.29) is 23.7 Å². The Bertz CT molecular complexity index is 1150. The molecule has 6 rings (SSSR count). The van der Waals surface area contributed by atoms with Gasteiger partial charge in [-0.05, 0) is 50.5 Å². The fraction of sp³-hybridized carbons (Fsp3) is 0.593. The minimum atomic E-state index is -0.675. The highest BCUT2D eigenvalue weighted by Gasteiger charge is 2.47. The van der Waals surface area contributed by atoms with Crippen LogP contribution in [0.2, 0.25) is 0 Å². The first-order chi connectivity index (χ1) is 16.1. The number of carbonyl (C=O) groups excluding carboxylic acids is 2. The summed E-state index contributed by atoms with van der Waals surface area (Å²) < 4.78 is 2.51. The number of nitrogens with zero attached hydrogens (tertiary/aromatic N) is 3. The quantitative estimate of drug-likeness (QED) is 0.759. The van der Waals surface area contributed by atoms with Gasteiger partial charge in [-0.3, -0.25) is 9.59 Å². The monoisotopic (exact) mass is 444 g/mol. The average Bonchev–Trinajstić information content (AvgIpc) is 3.79. The first-order valence-electron chi connectivity index (χ1n) is 12.7. The molecule has 1 N–H and O–H groups in total. The predicted molar refractivity (Wildman–Crippen MR) is 125 cm³/mol. The Kier molecular flexibility index (Phi) is 4.97. The van der Waals surface area contributed by atoms with Crippen LogP contribution < -0.4 is 5.32 Å². The van der Waals surface area contributed by atoms with E-state index >= 15 is 0 Å². The van der Waals surface area contributed by atoms with Crippen molar-refractivity contribution in [2.75, 3.05) is 6.54 Å². The number of benzene rings is 1. The minimum Gasteiger partial charge on any atom is -0.344 e. The van der Waals surface area contributed by atoms with Crippen molar-refractivity contribution in [2.24, 2.45) is 17.8 Å². The molecule has 172 valence electrons. The van der Waals surface area contributed by atoms with E-state index in [1.54, 1.807) is 0 Å². The summed E-state index contributed by atoms with van der Waals surface area (Å²) in [6.07, 6.45) is 8.44. The zero-order chi connectivity index (χ0) is 22.6. The normalized spacial score (nSPS) is 25.8. The second-order valence-corrected chi connectivity index (χ2v) is 10.7. The highest BCUT2D eigenvalue weighted by Crippen LogP contribution is 2.39. The second-order valence-electron chi connectivity index (χ2n) is 10.7. The standard InChI is InChI=1S/C27H32N4O2/c28-17-27(12-13-27)29-25(32)20-6-1-2-7-21(20)26(33)30-14-11-24-22(16-30)19-5-3-4-8-23(19)31(24)15-18-9-10-18/h3-5,8,18,20-21H,1-2,6-7,9-16H2,(H,29,32)/t20-,21-/m1/s1. The van der Waals surface area contributed by atoms with Gasteiger partial charge >= 0.3 is 0 Å². The maximum absolute atomic E-state index is 13.7. The van der Waals surface area contributed by atoms with Crippen molar-refractivity contribution in [1.82, 2.24) is 14.8 Å². The summed E-state index contributed by atoms with van der Waals surface area (Å²) in [5, 5.41) is 13.6. The Morgan fingerprint density at radius 2 is 1.85 bits per heavy atom. The van der Waals surface area contributed by atoms with E-state index in [0.29, 0.717) is 6.54 Å². The molecular weight excluding hydrogens is 412 g/mol. The van der Waals surface area contributed by atoms with E-state index in [0.717, 1.165) is 64.0 Å². The number of carbonyl (C=O) groups is 2. The minimum absolute atomic E-state index is 0.0918. The van der Waals surface area contributed by atoms with Gasteiger partial charge in [0, 0.05) is 60.1 Å². The average molecular weight is 445 g/mol. The van der Waals surface area contributed by atoms with Gasteiger partial charge in [-0.25, -0.2) is 0 Å². The van der Waals surface area contributed by atoms with Crippen molar-refractivity contribution in [1.29, 1.82) is 5.26 Å². The fourth-order valence-corrected chi connectivity index (χ4v) is 6.05. The van der Waals surface area contributed by atoms with E-state index < -0.39 is 5.54 Å². The molecule has 0 radical (unpaired) electrons. The van der Waals surface area contributed by atoms with Gasteiger partial charge in [-0.2, -0.15) is 5.26 Å². The third-order valence-corrected chi connectivity index (χ3v) is 8.36. The Hall–Kier alpha value is -2.81. The number of nitrogens with one attached hydrogen (secondary N) is 1. The summed E-state index contributed by atoms with van der Waals surface area (Å²) in [7, 11) is 0. The second kappa shape index (κ2) is 7.90. The third-order valence-electron chi connectivity index (χ3n) is 8.36. The number of para-hydroxylation sites is 1. The van der Waals surface area contributed by atoms with Gasteiger partial charge in [0.05, 0.1) is 6.07 Å². The van der Waals surface area contributed by atoms with Crippen LogP contribution in [-0.2, 0) is 29.1 Å². The van der Waals surface area contributed by atoms with Gasteiger partial charge in [0.1, 0.15) is 5.54 Å². The SMILES string of the molecule is N#CC1(NC(=O)[C@@H]2CCCC[C@H]2C(=O)N2CCc3c(c4ccccc4n3CC3CC3)C2)CC1. The Balaban J connectivity index is 1.24. The molecule has 6 nitrogen and oxygen atoms in total. The summed E-state index contributed by atoms with van der Waals surface area (Å²) >= 11 is 0. The Morgan fingerprint density at radius 1 is 1.09 bits per heavy atom. The molecule has 0 unspecified atom stereocenters. The number of aromatic nitrogens is 1. The molecule has 3 fully saturated rings. The van der Waals surface area contributed by atoms with E-state index in [4.69, 9.17) is 0 Å². The van der Waals surface area contributed by atoms with Gasteiger partial charge in [0.15, 0.2) is 0 Å². The molecular formula is C27H32N4O2. The lowest BCUT2D eigenvalue weighted by Crippen LogP contribution is -2.48. The molecule has 0 spiro atoms. The summed E-state index contributed by atoms with van der Waals surface area (Å²) in [5.41, 5.74) is 3.31. The first-order valence-corrected chi connectivity index (χ1v) is 12.7. The lowest BCUT2D eigenvalue weighted by atomic mass is 9.77. The summed E-state index contributed by atoms with van der Waals surface area (Å²) in [6.45, 7) is 2.45. The van der Waals surface area contributed by atoms with Crippen LogP contribution in [0.3, 0.4) is 0 Å². The highest BCUT2D eigenvalue weighted by atomic mass is 16.2. The van der Waals surface area contributed by atoms with Crippen LogP contribution in [0.5, 0.6) is 0 Å². The van der Waals surface area contributed by atoms with Crippen LogP contribution in [0.25, 0.3) is 10.9 Å². The fourth-order valence-electron chi connectivity index (χ4n) is 6.05. The van der Waals surface area contributed by atoms with E-state index in [1.807, 2.05) is 4.90 Å². The van der Waals surface area contributed by atoms with Crippen LogP contribution in [-0.4, -0.2) is 33.4 Å². The van der Waals surface area contributed by atoms with Crippen molar-refractivity contribution in [2.45, 2.75) is 76.4 Å². The number of rotatable bonds is 5. The maximum Gasteiger partial charge on any atom is 0.226 e. The van der Waals surface area contributed by atoms with E-state index in [9.17, 15) is 14.9 Å². The van der Waals surface area contributed by atoms with Crippen LogP contribution in [0.15, 0.2) is 24.3 Å². The lowest BCUT2D eigenvalue weighted by molar-refractivity contribution is -0.144. The molecule has 3 aliphatic carbocycles. The molecule has 2 aromatic rings. The van der Waals surface area contributed by atoms with Crippen LogP contribution in [0.1, 0.15) is 62.6 Å². The summed E-state index contributed by atoms with van der Waals surface area (Å²) in [6, 6.07) is 10.9. The molecule has 0 bridgehead atoms. The number of hydrogen-bond acceptors (Lipinski definition) is 3. The lowest BCUT2D eigenvalue weighted by Gasteiger charge is -2.36. The van der Waals surface area contributed by atoms with Crippen molar-refractivity contribution in [3.8, 4) is 6.07 Å². The van der Waals surface area contributed by atoms with Crippen LogP contribution in [0.4, 0.5) is 0 Å². The number of amides is 2. The molecule has 2 heterocycles. The predicted octanol–water partition coefficient (Wildman–Crippen LogP) is 3.91. The molecule has 1 aromatic carbocycles. The molecule has 1 aliphatic heterocycles. The van der Waals surface area contributed by atoms with Gasteiger partial charge in [-0.1, -0.05) is 31.0 Å². The van der Waals surface area contributed by atoms with Crippen LogP contribution >= 0.6 is 0 Å². The van der Waals surface area contributed by atoms with Crippen molar-refractivity contribution < 1.29 is 9.59 Å². The summed E-state index contributed by atoms with van der Waals surface area (Å²) in [5.74, 6) is 0.255. The van der Waals surface area contributed by atoms with Gasteiger partial charge in [0.25, 0.3) is 0 Å². The largest absolute Gasteiger partial charge is 0.344 e. The zero-order valence-corrected chi connectivity index (χ0v) is 19.2. The highest BCUT2D eigenvalue weighted by molar-refractivity contribution is 5.90. The van der Waals surface area contributed by atoms with Gasteiger partial charge < -0.3 is 14.8 Å². The van der Waals surface area contributed by atoms with Crippen molar-refractivity contribution >= 4 is 22.7 Å². The van der Waals surface area contributed by atoms with Gasteiger partial charge in [-0.15, -0.1) is 0 Å². The molecule has 33 heavy (non-hydrogen) atoms. The smallest absolute Gasteiger partial charge is 0.226 e. The maximum atomic E-state index is 13.7. The topological polar surface area (TPSA) is 78.1 Å². The number of hydrogen-bond donors (Lipinski definition) is 1. The Labute approximate surface area is 194 Å². The number of nitriles is 1. The third kappa shape index (κ3) is 3.72. The number of fused-ring (bicyclic) bond motifs is 3. The van der Waals surface area contributed by atoms with Crippen molar-refractivity contribution in [3.63, 3.8) is 0 Å². The van der Waals surface area contributed by atoms with Crippen molar-refractivity contribution in [3.05, 3.63) is 35.5 Å². The molecule has 6 heteroatoms. The summed E-state index contributed by atoms with van der Waals surface area (Å²) in [4.78, 5) is 28.8. The first kappa shape index (κ1) is 20.8. The molecule has 4 aliphatic rings. The van der Waals surface area contributed by atoms with E-state index in [1.165, 1.54) is 35.0 Å². The molecule has 0 saturated heterocycles. The molecule has 2 atom stereocenters. The van der Waals surface area contributed by atoms with E-state index in [2.05, 4.69) is 40.2 Å². The molecule has 3 saturated carbocycles. The Morgan fingerprint density at radius 3 is 2.58 bits per heavy atom. The molecule has 2 amide bonds. The van der Waals surface area contributed by atoms with Crippen LogP contribution in [0, 0.1) is 29.1 Å². The molecule has 1 aromatic heterocycles.